The largest absolute Gasteiger partial charge is 0.458 e. The molecule has 7 heteroatoms. The lowest BCUT2D eigenvalue weighted by molar-refractivity contribution is -0.161. The summed E-state index contributed by atoms with van der Waals surface area (Å²) >= 11 is 0. The quantitative estimate of drug-likeness (QED) is 0.386. The lowest BCUT2D eigenvalue weighted by atomic mass is 9.60. The van der Waals surface area contributed by atoms with Crippen molar-refractivity contribution in [2.45, 2.75) is 98.1 Å². The summed E-state index contributed by atoms with van der Waals surface area (Å²) in [7, 11) is 0. The molecule has 8 unspecified atom stereocenters. The molecule has 0 amide bonds. The van der Waals surface area contributed by atoms with Gasteiger partial charge < -0.3 is 19.3 Å². The van der Waals surface area contributed by atoms with Gasteiger partial charge in [0.1, 0.15) is 18.3 Å². The number of aliphatic hydroxyl groups is 1. The van der Waals surface area contributed by atoms with Crippen molar-refractivity contribution < 1.29 is 33.7 Å². The summed E-state index contributed by atoms with van der Waals surface area (Å²) < 4.78 is 17.2. The fraction of sp³-hybridized carbons (Fsp3) is 0.731. The molecular formula is C26H38O7. The summed E-state index contributed by atoms with van der Waals surface area (Å²) in [6.07, 6.45) is 0.549. The molecule has 3 rings (SSSR count). The van der Waals surface area contributed by atoms with Crippen molar-refractivity contribution in [3.63, 3.8) is 0 Å². The molecule has 0 aromatic heterocycles. The molecule has 0 aliphatic heterocycles. The first kappa shape index (κ1) is 25.5. The molecule has 3 aliphatic rings. The van der Waals surface area contributed by atoms with Crippen molar-refractivity contribution in [2.24, 2.45) is 23.2 Å². The first-order valence-electron chi connectivity index (χ1n) is 12.0. The van der Waals surface area contributed by atoms with E-state index >= 15 is 0 Å². The monoisotopic (exact) mass is 462 g/mol. The van der Waals surface area contributed by atoms with E-state index in [0.29, 0.717) is 24.8 Å². The third kappa shape index (κ3) is 4.88. The highest BCUT2D eigenvalue weighted by molar-refractivity contribution is 5.68. The molecule has 0 heterocycles. The molecule has 184 valence electrons. The van der Waals surface area contributed by atoms with Gasteiger partial charge >= 0.3 is 17.9 Å². The van der Waals surface area contributed by atoms with Crippen LogP contribution in [-0.4, -0.2) is 47.4 Å². The number of aliphatic hydroxyl groups excluding tert-OH is 1. The molecule has 33 heavy (non-hydrogen) atoms. The van der Waals surface area contributed by atoms with Gasteiger partial charge in [0.05, 0.1) is 0 Å². The zero-order chi connectivity index (χ0) is 24.7. The van der Waals surface area contributed by atoms with Gasteiger partial charge in [-0.2, -0.15) is 0 Å². The predicted octanol–water partition coefficient (Wildman–Crippen LogP) is 3.88. The summed E-state index contributed by atoms with van der Waals surface area (Å²) in [5.41, 5.74) is 1.98. The Balaban J connectivity index is 2.20. The minimum Gasteiger partial charge on any atom is -0.458 e. The normalized spacial score (nSPS) is 38.9. The van der Waals surface area contributed by atoms with E-state index in [2.05, 4.69) is 13.5 Å². The highest BCUT2D eigenvalue weighted by atomic mass is 16.6. The molecule has 0 radical (unpaired) electrons. The Morgan fingerprint density at radius 2 is 1.55 bits per heavy atom. The third-order valence-corrected chi connectivity index (χ3v) is 7.98. The van der Waals surface area contributed by atoms with Gasteiger partial charge in [-0.25, -0.2) is 0 Å². The molecule has 1 fully saturated rings. The molecule has 0 spiro atoms. The fourth-order valence-electron chi connectivity index (χ4n) is 6.56. The van der Waals surface area contributed by atoms with Crippen LogP contribution in [0.2, 0.25) is 0 Å². The Labute approximate surface area is 196 Å². The van der Waals surface area contributed by atoms with Gasteiger partial charge in [0.2, 0.25) is 0 Å². The number of carbonyl (C=O) groups excluding carboxylic acids is 3. The van der Waals surface area contributed by atoms with E-state index in [1.54, 1.807) is 0 Å². The summed E-state index contributed by atoms with van der Waals surface area (Å²) in [5, 5.41) is 11.6. The zero-order valence-electron chi connectivity index (χ0n) is 20.7. The van der Waals surface area contributed by atoms with Crippen LogP contribution in [0.1, 0.15) is 73.6 Å². The second kappa shape index (κ2) is 9.61. The topological polar surface area (TPSA) is 99.1 Å². The van der Waals surface area contributed by atoms with Crippen LogP contribution in [0.3, 0.4) is 0 Å². The van der Waals surface area contributed by atoms with Gasteiger partial charge in [-0.3, -0.25) is 14.4 Å². The zero-order valence-corrected chi connectivity index (χ0v) is 20.7. The van der Waals surface area contributed by atoms with Crippen LogP contribution in [0.25, 0.3) is 0 Å². The lowest BCUT2D eigenvalue weighted by Gasteiger charge is -2.49. The van der Waals surface area contributed by atoms with E-state index in [4.69, 9.17) is 14.2 Å². The number of allylic oxidation sites excluding steroid dienone is 1. The summed E-state index contributed by atoms with van der Waals surface area (Å²) in [6, 6.07) is 0. The second-order valence-electron chi connectivity index (χ2n) is 10.4. The Bertz CT molecular complexity index is 859. The van der Waals surface area contributed by atoms with Crippen molar-refractivity contribution in [1.82, 2.24) is 0 Å². The van der Waals surface area contributed by atoms with Crippen LogP contribution < -0.4 is 0 Å². The van der Waals surface area contributed by atoms with Crippen LogP contribution >= 0.6 is 0 Å². The molecular weight excluding hydrogens is 424 g/mol. The lowest BCUT2D eigenvalue weighted by Crippen LogP contribution is -2.54. The number of hydrogen-bond donors (Lipinski definition) is 1. The van der Waals surface area contributed by atoms with Crippen LogP contribution in [0, 0.1) is 23.2 Å². The van der Waals surface area contributed by atoms with Crippen LogP contribution in [-0.2, 0) is 28.6 Å². The predicted molar refractivity (Wildman–Crippen MR) is 122 cm³/mol. The maximum Gasteiger partial charge on any atom is 0.303 e. The average Bonchev–Trinajstić information content (AvgIpc) is 3.05. The van der Waals surface area contributed by atoms with Gasteiger partial charge in [-0.05, 0) is 62.4 Å². The molecule has 8 atom stereocenters. The van der Waals surface area contributed by atoms with E-state index in [1.165, 1.54) is 20.8 Å². The van der Waals surface area contributed by atoms with Crippen LogP contribution in [0.4, 0.5) is 0 Å². The second-order valence-corrected chi connectivity index (χ2v) is 10.4. The van der Waals surface area contributed by atoms with E-state index < -0.39 is 41.8 Å². The van der Waals surface area contributed by atoms with Crippen molar-refractivity contribution in [3.8, 4) is 0 Å². The summed E-state index contributed by atoms with van der Waals surface area (Å²) in [4.78, 5) is 35.9. The third-order valence-electron chi connectivity index (χ3n) is 7.98. The van der Waals surface area contributed by atoms with Gasteiger partial charge in [-0.15, -0.1) is 0 Å². The van der Waals surface area contributed by atoms with Crippen molar-refractivity contribution in [3.05, 3.63) is 23.3 Å². The Kier molecular flexibility index (Phi) is 7.42. The number of hydrogen-bond acceptors (Lipinski definition) is 7. The first-order chi connectivity index (χ1) is 15.4. The highest BCUT2D eigenvalue weighted by Gasteiger charge is 2.59. The molecule has 0 saturated heterocycles. The first-order valence-corrected chi connectivity index (χ1v) is 12.0. The molecule has 0 aromatic rings. The Hall–Kier alpha value is -2.15. The molecule has 0 aromatic carbocycles. The SMILES string of the molecule is C=C1C(OC(C)=O)CCC(C)CC(OC(C)=O)C2=C(C)C3C1CCC3(C)C(O)C2OC(C)=O. The molecule has 7 nitrogen and oxygen atoms in total. The number of esters is 3. The maximum atomic E-state index is 12.1. The highest BCUT2D eigenvalue weighted by Crippen LogP contribution is 2.60. The number of carbonyl (C=O) groups is 3. The summed E-state index contributed by atoms with van der Waals surface area (Å²) in [5.74, 6) is -1.22. The van der Waals surface area contributed by atoms with E-state index in [1.807, 2.05) is 13.8 Å². The van der Waals surface area contributed by atoms with Crippen LogP contribution in [0.5, 0.6) is 0 Å². The maximum absolute atomic E-state index is 12.1. The number of ether oxygens (including phenoxy) is 3. The van der Waals surface area contributed by atoms with Gasteiger partial charge in [0.15, 0.2) is 6.10 Å². The van der Waals surface area contributed by atoms with Crippen molar-refractivity contribution in [1.29, 1.82) is 0 Å². The fourth-order valence-corrected chi connectivity index (χ4v) is 6.56. The minimum atomic E-state index is -0.954. The number of rotatable bonds is 3. The molecule has 1 saturated carbocycles. The van der Waals surface area contributed by atoms with Crippen molar-refractivity contribution in [2.75, 3.05) is 0 Å². The van der Waals surface area contributed by atoms with Gasteiger partial charge in [-0.1, -0.05) is 26.0 Å². The molecule has 1 N–H and O–H groups in total. The Morgan fingerprint density at radius 3 is 2.12 bits per heavy atom. The van der Waals surface area contributed by atoms with E-state index in [0.717, 1.165) is 24.0 Å². The smallest absolute Gasteiger partial charge is 0.303 e. The van der Waals surface area contributed by atoms with Crippen molar-refractivity contribution >= 4 is 17.9 Å². The minimum absolute atomic E-state index is 0.00587. The molecule has 2 bridgehead atoms. The Morgan fingerprint density at radius 1 is 0.970 bits per heavy atom. The van der Waals surface area contributed by atoms with E-state index in [-0.39, 0.29) is 23.7 Å². The van der Waals surface area contributed by atoms with Gasteiger partial charge in [0, 0.05) is 31.8 Å². The van der Waals surface area contributed by atoms with Crippen LogP contribution in [0.15, 0.2) is 23.3 Å². The molecule has 3 aliphatic carbocycles. The summed E-state index contributed by atoms with van der Waals surface area (Å²) in [6.45, 7) is 14.6. The standard InChI is InChI=1S/C26H38O7/c1-13-8-9-20(31-16(4)27)14(2)19-10-11-26(7)23(19)15(3)22(21(12-13)32-17(5)28)24(25(26)30)33-18(6)29/h13,19-21,23-25,30H,2,8-12H2,1,3-7H3. The average molecular weight is 463 g/mol. The van der Waals surface area contributed by atoms with Gasteiger partial charge in [0.25, 0.3) is 0 Å². The van der Waals surface area contributed by atoms with E-state index in [9.17, 15) is 19.5 Å².